The third kappa shape index (κ3) is 6.05. The first-order chi connectivity index (χ1) is 4.81. The predicted octanol–water partition coefficient (Wildman–Crippen LogP) is 1.54. The molecule has 0 aliphatic carbocycles. The molecule has 1 atom stereocenters. The van der Waals surface area contributed by atoms with E-state index < -0.39 is 0 Å². The van der Waals surface area contributed by atoms with Gasteiger partial charge in [0.15, 0.2) is 0 Å². The fraction of sp³-hybridized carbons (Fsp3) is 1.00. The summed E-state index contributed by atoms with van der Waals surface area (Å²) in [5.74, 6) is 0.888. The van der Waals surface area contributed by atoms with Crippen LogP contribution < -0.4 is 10.9 Å². The summed E-state index contributed by atoms with van der Waals surface area (Å²) >= 11 is 0. The van der Waals surface area contributed by atoms with Gasteiger partial charge in [0.1, 0.15) is 0 Å². The summed E-state index contributed by atoms with van der Waals surface area (Å²) in [6.45, 7) is 5.64. The smallest absolute Gasteiger partial charge is 0.00997 e. The second-order valence-corrected chi connectivity index (χ2v) is 2.83. The Balaban J connectivity index is 2.89. The van der Waals surface area contributed by atoms with Crippen molar-refractivity contribution in [2.75, 3.05) is 13.6 Å². The standard InChI is InChI=1S/C8H20N2/c1-4-8(2)6-5-7-10-9-3/h8-10H,4-7H2,1-3H3. The van der Waals surface area contributed by atoms with Crippen LogP contribution in [0, 0.1) is 5.92 Å². The van der Waals surface area contributed by atoms with Crippen LogP contribution in [0.5, 0.6) is 0 Å². The molecule has 1 unspecified atom stereocenters. The maximum atomic E-state index is 3.08. The molecule has 62 valence electrons. The van der Waals surface area contributed by atoms with Crippen molar-refractivity contribution in [3.05, 3.63) is 0 Å². The zero-order valence-corrected chi connectivity index (χ0v) is 7.41. The van der Waals surface area contributed by atoms with Gasteiger partial charge in [-0.2, -0.15) is 0 Å². The molecule has 2 N–H and O–H groups in total. The molecule has 0 fully saturated rings. The van der Waals surface area contributed by atoms with Gasteiger partial charge in [-0.15, -0.1) is 0 Å². The van der Waals surface area contributed by atoms with E-state index in [1.54, 1.807) is 0 Å². The largest absolute Gasteiger partial charge is 0.261 e. The van der Waals surface area contributed by atoms with E-state index in [9.17, 15) is 0 Å². The van der Waals surface area contributed by atoms with Gasteiger partial charge in [-0.25, -0.2) is 0 Å². The van der Waals surface area contributed by atoms with Crippen LogP contribution in [0.2, 0.25) is 0 Å². The van der Waals surface area contributed by atoms with Crippen molar-refractivity contribution in [2.45, 2.75) is 33.1 Å². The van der Waals surface area contributed by atoms with Gasteiger partial charge in [0.05, 0.1) is 0 Å². The number of hydrogen-bond donors (Lipinski definition) is 2. The fourth-order valence-electron chi connectivity index (χ4n) is 0.868. The maximum absolute atomic E-state index is 3.08. The van der Waals surface area contributed by atoms with E-state index in [1.807, 2.05) is 7.05 Å². The Labute approximate surface area is 64.4 Å². The highest BCUT2D eigenvalue weighted by molar-refractivity contribution is 4.50. The Morgan fingerprint density at radius 1 is 1.40 bits per heavy atom. The molecule has 10 heavy (non-hydrogen) atoms. The third-order valence-corrected chi connectivity index (χ3v) is 1.87. The van der Waals surface area contributed by atoms with Gasteiger partial charge in [-0.05, 0) is 25.8 Å². The summed E-state index contributed by atoms with van der Waals surface area (Å²) in [5, 5.41) is 0. The van der Waals surface area contributed by atoms with Gasteiger partial charge in [0.25, 0.3) is 0 Å². The van der Waals surface area contributed by atoms with Gasteiger partial charge in [-0.3, -0.25) is 10.9 Å². The Bertz CT molecular complexity index is 64.3. The lowest BCUT2D eigenvalue weighted by atomic mass is 10.0. The first-order valence-corrected chi connectivity index (χ1v) is 4.20. The molecule has 0 aromatic carbocycles. The van der Waals surface area contributed by atoms with E-state index in [2.05, 4.69) is 24.7 Å². The normalized spacial score (nSPS) is 13.5. The first-order valence-electron chi connectivity index (χ1n) is 4.20. The SMILES string of the molecule is CCC(C)CCCNNC. The van der Waals surface area contributed by atoms with Crippen LogP contribution in [-0.2, 0) is 0 Å². The molecule has 0 aromatic heterocycles. The summed E-state index contributed by atoms with van der Waals surface area (Å²) in [6, 6.07) is 0. The van der Waals surface area contributed by atoms with E-state index in [-0.39, 0.29) is 0 Å². The molecular formula is C8H20N2. The molecular weight excluding hydrogens is 124 g/mol. The van der Waals surface area contributed by atoms with Gasteiger partial charge >= 0.3 is 0 Å². The number of hydrazine groups is 1. The monoisotopic (exact) mass is 144 g/mol. The zero-order valence-electron chi connectivity index (χ0n) is 7.41. The summed E-state index contributed by atoms with van der Waals surface area (Å²) in [7, 11) is 1.91. The van der Waals surface area contributed by atoms with Gasteiger partial charge in [-0.1, -0.05) is 20.3 Å². The lowest BCUT2D eigenvalue weighted by molar-refractivity contribution is 0.467. The van der Waals surface area contributed by atoms with E-state index in [0.29, 0.717) is 0 Å². The van der Waals surface area contributed by atoms with Crippen LogP contribution in [0.1, 0.15) is 33.1 Å². The topological polar surface area (TPSA) is 24.1 Å². The van der Waals surface area contributed by atoms with Crippen LogP contribution in [0.4, 0.5) is 0 Å². The van der Waals surface area contributed by atoms with Crippen molar-refractivity contribution in [1.29, 1.82) is 0 Å². The molecule has 0 saturated carbocycles. The van der Waals surface area contributed by atoms with Crippen LogP contribution in [-0.4, -0.2) is 13.6 Å². The minimum Gasteiger partial charge on any atom is -0.261 e. The molecule has 0 heterocycles. The number of nitrogens with one attached hydrogen (secondary N) is 2. The number of hydrogen-bond acceptors (Lipinski definition) is 2. The second kappa shape index (κ2) is 7.03. The second-order valence-electron chi connectivity index (χ2n) is 2.83. The highest BCUT2D eigenvalue weighted by Gasteiger charge is 1.96. The van der Waals surface area contributed by atoms with Crippen molar-refractivity contribution < 1.29 is 0 Å². The quantitative estimate of drug-likeness (QED) is 0.436. The molecule has 0 amide bonds. The Morgan fingerprint density at radius 3 is 2.60 bits per heavy atom. The molecule has 0 spiro atoms. The average Bonchev–Trinajstić information content (AvgIpc) is 1.98. The Morgan fingerprint density at radius 2 is 2.10 bits per heavy atom. The minimum absolute atomic E-state index is 0.888. The van der Waals surface area contributed by atoms with Crippen LogP contribution >= 0.6 is 0 Å². The maximum Gasteiger partial charge on any atom is 0.00997 e. The van der Waals surface area contributed by atoms with Crippen LogP contribution in [0.25, 0.3) is 0 Å². The highest BCUT2D eigenvalue weighted by atomic mass is 15.3. The lowest BCUT2D eigenvalue weighted by Gasteiger charge is -2.07. The third-order valence-electron chi connectivity index (χ3n) is 1.87. The summed E-state index contributed by atoms with van der Waals surface area (Å²) in [5.41, 5.74) is 5.99. The molecule has 0 aromatic rings. The highest BCUT2D eigenvalue weighted by Crippen LogP contribution is 2.07. The first kappa shape index (κ1) is 9.92. The van der Waals surface area contributed by atoms with Gasteiger partial charge in [0, 0.05) is 6.54 Å². The predicted molar refractivity (Wildman–Crippen MR) is 45.8 cm³/mol. The molecule has 0 rings (SSSR count). The molecule has 0 radical (unpaired) electrons. The van der Waals surface area contributed by atoms with E-state index in [0.717, 1.165) is 12.5 Å². The summed E-state index contributed by atoms with van der Waals surface area (Å²) in [4.78, 5) is 0. The fourth-order valence-corrected chi connectivity index (χ4v) is 0.868. The minimum atomic E-state index is 0.888. The molecule has 2 heteroatoms. The van der Waals surface area contributed by atoms with Crippen molar-refractivity contribution >= 4 is 0 Å². The summed E-state index contributed by atoms with van der Waals surface area (Å²) < 4.78 is 0. The van der Waals surface area contributed by atoms with Crippen molar-refractivity contribution in [3.8, 4) is 0 Å². The van der Waals surface area contributed by atoms with Gasteiger partial charge < -0.3 is 0 Å². The summed E-state index contributed by atoms with van der Waals surface area (Å²) in [6.07, 6.45) is 3.92. The van der Waals surface area contributed by atoms with E-state index >= 15 is 0 Å². The average molecular weight is 144 g/mol. The van der Waals surface area contributed by atoms with Crippen molar-refractivity contribution in [3.63, 3.8) is 0 Å². The Hall–Kier alpha value is -0.0800. The zero-order chi connectivity index (χ0) is 7.82. The van der Waals surface area contributed by atoms with Crippen molar-refractivity contribution in [1.82, 2.24) is 10.9 Å². The van der Waals surface area contributed by atoms with Gasteiger partial charge in [0.2, 0.25) is 0 Å². The van der Waals surface area contributed by atoms with Crippen LogP contribution in [0.15, 0.2) is 0 Å². The number of rotatable bonds is 6. The van der Waals surface area contributed by atoms with Crippen LogP contribution in [0.3, 0.4) is 0 Å². The van der Waals surface area contributed by atoms with E-state index in [4.69, 9.17) is 0 Å². The Kier molecular flexibility index (Phi) is 6.98. The lowest BCUT2D eigenvalue weighted by Crippen LogP contribution is -2.28. The molecule has 0 saturated heterocycles. The molecule has 0 aliphatic heterocycles. The molecule has 0 bridgehead atoms. The van der Waals surface area contributed by atoms with Crippen molar-refractivity contribution in [2.24, 2.45) is 5.92 Å². The molecule has 0 aliphatic rings. The molecule has 2 nitrogen and oxygen atoms in total. The van der Waals surface area contributed by atoms with E-state index in [1.165, 1.54) is 19.3 Å².